The largest absolute Gasteiger partial charge is 0.357 e. The summed E-state index contributed by atoms with van der Waals surface area (Å²) in [7, 11) is 0. The first-order valence-electron chi connectivity index (χ1n) is 6.79. The highest BCUT2D eigenvalue weighted by atomic mass is 127. The molecule has 0 aromatic rings. The second kappa shape index (κ2) is 14.1. The minimum Gasteiger partial charge on any atom is -0.357 e. The molecule has 0 bridgehead atoms. The molecule has 0 aromatic carbocycles. The van der Waals surface area contributed by atoms with Crippen molar-refractivity contribution in [2.75, 3.05) is 13.1 Å². The Morgan fingerprint density at radius 3 is 2.35 bits per heavy atom. The van der Waals surface area contributed by atoms with Crippen molar-refractivity contribution < 1.29 is 0 Å². The second-order valence-corrected chi connectivity index (χ2v) is 4.27. The fourth-order valence-corrected chi connectivity index (χ4v) is 1.38. The number of nitrogens with zero attached hydrogens (tertiary/aromatic N) is 1. The molecule has 0 aliphatic carbocycles. The van der Waals surface area contributed by atoms with Crippen LogP contribution in [-0.2, 0) is 0 Å². The molecule has 0 aromatic heterocycles. The van der Waals surface area contributed by atoms with Crippen molar-refractivity contribution in [1.82, 2.24) is 10.6 Å². The summed E-state index contributed by atoms with van der Waals surface area (Å²) in [4.78, 5) is 4.57. The van der Waals surface area contributed by atoms with Crippen molar-refractivity contribution in [3.05, 3.63) is 0 Å². The average Bonchev–Trinajstić information content (AvgIpc) is 2.28. The minimum atomic E-state index is 0. The molecular formula is C13H30IN3. The van der Waals surface area contributed by atoms with Crippen molar-refractivity contribution in [3.63, 3.8) is 0 Å². The summed E-state index contributed by atoms with van der Waals surface area (Å²) in [5.74, 6) is 0.966. The second-order valence-electron chi connectivity index (χ2n) is 4.27. The number of unbranched alkanes of at least 4 members (excludes halogenated alkanes) is 3. The van der Waals surface area contributed by atoms with Crippen LogP contribution in [0.4, 0.5) is 0 Å². The first-order chi connectivity index (χ1) is 7.74. The van der Waals surface area contributed by atoms with E-state index >= 15 is 0 Å². The van der Waals surface area contributed by atoms with Gasteiger partial charge in [-0.15, -0.1) is 24.0 Å². The van der Waals surface area contributed by atoms with E-state index in [0.29, 0.717) is 6.04 Å². The Kier molecular flexibility index (Phi) is 16.0. The zero-order chi connectivity index (χ0) is 12.2. The third-order valence-corrected chi connectivity index (χ3v) is 2.62. The zero-order valence-electron chi connectivity index (χ0n) is 11.9. The van der Waals surface area contributed by atoms with Gasteiger partial charge in [0.05, 0.1) is 0 Å². The number of rotatable bonds is 8. The van der Waals surface area contributed by atoms with Crippen molar-refractivity contribution in [3.8, 4) is 0 Å². The van der Waals surface area contributed by atoms with Crippen LogP contribution >= 0.6 is 24.0 Å². The summed E-state index contributed by atoms with van der Waals surface area (Å²) in [5, 5.41) is 6.67. The van der Waals surface area contributed by atoms with Crippen LogP contribution in [0.3, 0.4) is 0 Å². The quantitative estimate of drug-likeness (QED) is 0.302. The lowest BCUT2D eigenvalue weighted by atomic mass is 10.2. The molecule has 0 saturated carbocycles. The van der Waals surface area contributed by atoms with E-state index in [4.69, 9.17) is 0 Å². The minimum absolute atomic E-state index is 0. The topological polar surface area (TPSA) is 36.4 Å². The number of halogens is 1. The molecule has 1 unspecified atom stereocenters. The Balaban J connectivity index is 0. The van der Waals surface area contributed by atoms with E-state index in [0.717, 1.165) is 25.5 Å². The number of hydrogen-bond donors (Lipinski definition) is 2. The molecule has 104 valence electrons. The van der Waals surface area contributed by atoms with Gasteiger partial charge in [0.2, 0.25) is 0 Å². The van der Waals surface area contributed by atoms with E-state index in [9.17, 15) is 0 Å². The molecule has 0 heterocycles. The van der Waals surface area contributed by atoms with Gasteiger partial charge in [0.15, 0.2) is 5.96 Å². The Hall–Kier alpha value is 0. The van der Waals surface area contributed by atoms with Crippen molar-refractivity contribution in [2.45, 2.75) is 65.8 Å². The number of aliphatic imine (C=N–C) groups is 1. The summed E-state index contributed by atoms with van der Waals surface area (Å²) in [6.07, 6.45) is 6.23. The van der Waals surface area contributed by atoms with Crippen LogP contribution in [0.5, 0.6) is 0 Å². The molecule has 4 heteroatoms. The van der Waals surface area contributed by atoms with Crippen LogP contribution in [0.1, 0.15) is 59.8 Å². The number of nitrogens with one attached hydrogen (secondary N) is 2. The van der Waals surface area contributed by atoms with Gasteiger partial charge in [0.1, 0.15) is 0 Å². The summed E-state index contributed by atoms with van der Waals surface area (Å²) < 4.78 is 0. The van der Waals surface area contributed by atoms with Crippen molar-refractivity contribution >= 4 is 29.9 Å². The van der Waals surface area contributed by atoms with E-state index in [1.54, 1.807) is 0 Å². The molecule has 0 radical (unpaired) electrons. The zero-order valence-corrected chi connectivity index (χ0v) is 14.2. The van der Waals surface area contributed by atoms with E-state index in [-0.39, 0.29) is 24.0 Å². The lowest BCUT2D eigenvalue weighted by Gasteiger charge is -2.16. The monoisotopic (exact) mass is 355 g/mol. The number of hydrogen-bond acceptors (Lipinski definition) is 1. The van der Waals surface area contributed by atoms with Crippen LogP contribution in [-0.4, -0.2) is 25.1 Å². The maximum Gasteiger partial charge on any atom is 0.191 e. The number of guanidine groups is 1. The Labute approximate surface area is 124 Å². The molecule has 0 fully saturated rings. The Morgan fingerprint density at radius 1 is 1.12 bits per heavy atom. The van der Waals surface area contributed by atoms with Crippen LogP contribution in [0, 0.1) is 0 Å². The SMILES string of the molecule is CCCCCCN=C(NCC)NC(C)CC.I. The third-order valence-electron chi connectivity index (χ3n) is 2.62. The summed E-state index contributed by atoms with van der Waals surface area (Å²) in [6, 6.07) is 0.494. The Bertz CT molecular complexity index is 184. The fraction of sp³-hybridized carbons (Fsp3) is 0.923. The van der Waals surface area contributed by atoms with Crippen LogP contribution < -0.4 is 10.6 Å². The predicted molar refractivity (Wildman–Crippen MR) is 88.4 cm³/mol. The molecular weight excluding hydrogens is 325 g/mol. The smallest absolute Gasteiger partial charge is 0.191 e. The van der Waals surface area contributed by atoms with Gasteiger partial charge in [-0.3, -0.25) is 4.99 Å². The molecule has 2 N–H and O–H groups in total. The van der Waals surface area contributed by atoms with Gasteiger partial charge in [0.25, 0.3) is 0 Å². The molecule has 0 amide bonds. The van der Waals surface area contributed by atoms with Crippen LogP contribution in [0.25, 0.3) is 0 Å². The van der Waals surface area contributed by atoms with Crippen molar-refractivity contribution in [1.29, 1.82) is 0 Å². The van der Waals surface area contributed by atoms with Gasteiger partial charge in [-0.25, -0.2) is 0 Å². The summed E-state index contributed by atoms with van der Waals surface area (Å²) in [5.41, 5.74) is 0. The molecule has 0 aliphatic rings. The van der Waals surface area contributed by atoms with E-state index in [2.05, 4.69) is 43.3 Å². The van der Waals surface area contributed by atoms with Crippen LogP contribution in [0.2, 0.25) is 0 Å². The van der Waals surface area contributed by atoms with Gasteiger partial charge in [0, 0.05) is 19.1 Å². The van der Waals surface area contributed by atoms with Gasteiger partial charge in [-0.2, -0.15) is 0 Å². The molecule has 0 aliphatic heterocycles. The van der Waals surface area contributed by atoms with E-state index < -0.39 is 0 Å². The van der Waals surface area contributed by atoms with Crippen LogP contribution in [0.15, 0.2) is 4.99 Å². The van der Waals surface area contributed by atoms with Crippen molar-refractivity contribution in [2.24, 2.45) is 4.99 Å². The van der Waals surface area contributed by atoms with Gasteiger partial charge in [-0.1, -0.05) is 33.1 Å². The molecule has 1 atom stereocenters. The van der Waals surface area contributed by atoms with E-state index in [1.165, 1.54) is 25.7 Å². The molecule has 17 heavy (non-hydrogen) atoms. The summed E-state index contributed by atoms with van der Waals surface area (Å²) in [6.45, 7) is 10.6. The first-order valence-corrected chi connectivity index (χ1v) is 6.79. The van der Waals surface area contributed by atoms with Gasteiger partial charge >= 0.3 is 0 Å². The molecule has 0 saturated heterocycles. The first kappa shape index (κ1) is 19.3. The standard InChI is InChI=1S/C13H29N3.HI/c1-5-8-9-10-11-15-13(14-7-3)16-12(4)6-2;/h12H,5-11H2,1-4H3,(H2,14,15,16);1H. The Morgan fingerprint density at radius 2 is 1.82 bits per heavy atom. The fourth-order valence-electron chi connectivity index (χ4n) is 1.38. The molecule has 3 nitrogen and oxygen atoms in total. The highest BCUT2D eigenvalue weighted by Gasteiger charge is 2.01. The highest BCUT2D eigenvalue weighted by molar-refractivity contribution is 14.0. The van der Waals surface area contributed by atoms with Gasteiger partial charge in [-0.05, 0) is 26.7 Å². The van der Waals surface area contributed by atoms with Gasteiger partial charge < -0.3 is 10.6 Å². The predicted octanol–water partition coefficient (Wildman–Crippen LogP) is 3.54. The molecule has 0 rings (SSSR count). The summed E-state index contributed by atoms with van der Waals surface area (Å²) >= 11 is 0. The maximum atomic E-state index is 4.57. The average molecular weight is 355 g/mol. The lowest BCUT2D eigenvalue weighted by molar-refractivity contribution is 0.620. The molecule has 0 spiro atoms. The highest BCUT2D eigenvalue weighted by Crippen LogP contribution is 1.98. The van der Waals surface area contributed by atoms with E-state index in [1.807, 2.05) is 0 Å². The normalized spacial score (nSPS) is 12.8. The maximum absolute atomic E-state index is 4.57. The lowest BCUT2D eigenvalue weighted by Crippen LogP contribution is -2.42. The third kappa shape index (κ3) is 12.2.